The van der Waals surface area contributed by atoms with Crippen LogP contribution in [0.3, 0.4) is 0 Å². The maximum Gasteiger partial charge on any atom is 0.276 e. The fraction of sp³-hybridized carbons (Fsp3) is 0.105. The van der Waals surface area contributed by atoms with E-state index in [2.05, 4.69) is 25.5 Å². The summed E-state index contributed by atoms with van der Waals surface area (Å²) in [6, 6.07) is 14.7. The predicted octanol–water partition coefficient (Wildman–Crippen LogP) is 3.51. The molecule has 8 nitrogen and oxygen atoms in total. The van der Waals surface area contributed by atoms with Crippen molar-refractivity contribution >= 4 is 22.4 Å². The third-order valence-electron chi connectivity index (χ3n) is 3.87. The van der Waals surface area contributed by atoms with Gasteiger partial charge in [-0.3, -0.25) is 14.7 Å². The number of para-hydroxylation sites is 1. The van der Waals surface area contributed by atoms with E-state index < -0.39 is 0 Å². The smallest absolute Gasteiger partial charge is 0.276 e. The van der Waals surface area contributed by atoms with Crippen molar-refractivity contribution in [3.05, 3.63) is 78.0 Å². The molecule has 140 valence electrons. The molecule has 0 spiro atoms. The van der Waals surface area contributed by atoms with Crippen LogP contribution >= 0.6 is 11.3 Å². The number of nitrogens with zero attached hydrogens (tertiary/aromatic N) is 5. The first-order valence-corrected chi connectivity index (χ1v) is 9.37. The standard InChI is InChI=1S/C19H16N6O2S/c1-13(27-14-6-3-2-4-7-14)16-10-28-19(23-16)24-18(26)15-8-5-9-17(22-15)25-11-20-21-12-25/h2-13H,1H3,(H,23,24,26). The second-order valence-corrected chi connectivity index (χ2v) is 6.71. The first kappa shape index (κ1) is 17.8. The van der Waals surface area contributed by atoms with E-state index in [1.54, 1.807) is 22.8 Å². The van der Waals surface area contributed by atoms with Gasteiger partial charge in [-0.2, -0.15) is 0 Å². The number of aromatic nitrogens is 5. The van der Waals surface area contributed by atoms with Gasteiger partial charge in [-0.1, -0.05) is 24.3 Å². The van der Waals surface area contributed by atoms with Crippen molar-refractivity contribution in [1.82, 2.24) is 24.7 Å². The SMILES string of the molecule is CC(Oc1ccccc1)c1csc(NC(=O)c2cccc(-n3cnnc3)n2)n1. The molecule has 3 aromatic heterocycles. The molecule has 1 aromatic carbocycles. The number of hydrogen-bond acceptors (Lipinski definition) is 7. The summed E-state index contributed by atoms with van der Waals surface area (Å²) >= 11 is 1.34. The molecule has 4 aromatic rings. The quantitative estimate of drug-likeness (QED) is 0.540. The molecule has 0 bridgehead atoms. The van der Waals surface area contributed by atoms with E-state index in [4.69, 9.17) is 4.74 Å². The Kier molecular flexibility index (Phi) is 5.07. The van der Waals surface area contributed by atoms with Crippen LogP contribution in [0.1, 0.15) is 29.2 Å². The molecule has 0 saturated heterocycles. The van der Waals surface area contributed by atoms with Crippen LogP contribution < -0.4 is 10.1 Å². The van der Waals surface area contributed by atoms with Crippen molar-refractivity contribution in [2.75, 3.05) is 5.32 Å². The Morgan fingerprint density at radius 2 is 1.86 bits per heavy atom. The number of rotatable bonds is 6. The molecule has 0 aliphatic rings. The molecular formula is C19H16N6O2S. The molecule has 0 saturated carbocycles. The zero-order valence-electron chi connectivity index (χ0n) is 14.9. The highest BCUT2D eigenvalue weighted by Crippen LogP contribution is 2.25. The fourth-order valence-corrected chi connectivity index (χ4v) is 3.25. The van der Waals surface area contributed by atoms with E-state index in [0.29, 0.717) is 10.9 Å². The van der Waals surface area contributed by atoms with E-state index in [1.807, 2.05) is 42.6 Å². The van der Waals surface area contributed by atoms with Gasteiger partial charge in [0, 0.05) is 5.38 Å². The number of anilines is 1. The highest BCUT2D eigenvalue weighted by atomic mass is 32.1. The number of ether oxygens (including phenoxy) is 1. The van der Waals surface area contributed by atoms with Gasteiger partial charge < -0.3 is 4.74 Å². The van der Waals surface area contributed by atoms with Crippen molar-refractivity contribution in [1.29, 1.82) is 0 Å². The molecule has 9 heteroatoms. The molecule has 28 heavy (non-hydrogen) atoms. The predicted molar refractivity (Wildman–Crippen MR) is 105 cm³/mol. The average molecular weight is 392 g/mol. The van der Waals surface area contributed by atoms with E-state index >= 15 is 0 Å². The zero-order chi connectivity index (χ0) is 19.3. The summed E-state index contributed by atoms with van der Waals surface area (Å²) in [5.41, 5.74) is 1.02. The Hall–Kier alpha value is -3.59. The summed E-state index contributed by atoms with van der Waals surface area (Å²) in [5.74, 6) is 0.985. The molecule has 3 heterocycles. The van der Waals surface area contributed by atoms with E-state index in [9.17, 15) is 4.79 Å². The molecule has 1 amide bonds. The Balaban J connectivity index is 1.44. The van der Waals surface area contributed by atoms with Gasteiger partial charge in [0.05, 0.1) is 5.69 Å². The Morgan fingerprint density at radius 1 is 1.07 bits per heavy atom. The zero-order valence-corrected chi connectivity index (χ0v) is 15.7. The average Bonchev–Trinajstić information content (AvgIpc) is 3.41. The summed E-state index contributed by atoms with van der Waals surface area (Å²) in [4.78, 5) is 21.3. The van der Waals surface area contributed by atoms with Crippen LogP contribution in [0, 0.1) is 0 Å². The van der Waals surface area contributed by atoms with Gasteiger partial charge in [0.25, 0.3) is 5.91 Å². The van der Waals surface area contributed by atoms with Crippen LogP contribution in [0.4, 0.5) is 5.13 Å². The second-order valence-electron chi connectivity index (χ2n) is 5.85. The van der Waals surface area contributed by atoms with Gasteiger partial charge in [-0.05, 0) is 31.2 Å². The molecule has 4 rings (SSSR count). The van der Waals surface area contributed by atoms with E-state index in [-0.39, 0.29) is 17.7 Å². The van der Waals surface area contributed by atoms with Gasteiger partial charge in [0.1, 0.15) is 36.0 Å². The Labute approximate surface area is 164 Å². The van der Waals surface area contributed by atoms with Crippen molar-refractivity contribution in [3.8, 4) is 11.6 Å². The minimum atomic E-state index is -0.340. The van der Waals surface area contributed by atoms with Crippen molar-refractivity contribution < 1.29 is 9.53 Å². The van der Waals surface area contributed by atoms with Crippen molar-refractivity contribution in [2.45, 2.75) is 13.0 Å². The van der Waals surface area contributed by atoms with Gasteiger partial charge in [-0.15, -0.1) is 21.5 Å². The minimum absolute atomic E-state index is 0.237. The minimum Gasteiger partial charge on any atom is -0.484 e. The first-order chi connectivity index (χ1) is 13.7. The number of carbonyl (C=O) groups excluding carboxylic acids is 1. The number of benzene rings is 1. The highest BCUT2D eigenvalue weighted by Gasteiger charge is 2.15. The normalized spacial score (nSPS) is 11.8. The summed E-state index contributed by atoms with van der Waals surface area (Å²) in [7, 11) is 0. The first-order valence-electron chi connectivity index (χ1n) is 8.49. The molecule has 0 radical (unpaired) electrons. The molecule has 0 aliphatic heterocycles. The van der Waals surface area contributed by atoms with E-state index in [1.165, 1.54) is 24.0 Å². The summed E-state index contributed by atoms with van der Waals surface area (Å²) in [6.07, 6.45) is 2.80. The van der Waals surface area contributed by atoms with Gasteiger partial charge in [0.2, 0.25) is 0 Å². The second kappa shape index (κ2) is 7.97. The van der Waals surface area contributed by atoms with Crippen LogP contribution in [0.25, 0.3) is 5.82 Å². The molecule has 1 unspecified atom stereocenters. The van der Waals surface area contributed by atoms with Gasteiger partial charge in [-0.25, -0.2) is 9.97 Å². The molecule has 1 atom stereocenters. The van der Waals surface area contributed by atoms with Crippen LogP contribution in [-0.4, -0.2) is 30.6 Å². The number of nitrogens with one attached hydrogen (secondary N) is 1. The van der Waals surface area contributed by atoms with Crippen LogP contribution in [0.5, 0.6) is 5.75 Å². The molecule has 0 fully saturated rings. The third-order valence-corrected chi connectivity index (χ3v) is 4.64. The van der Waals surface area contributed by atoms with Gasteiger partial charge >= 0.3 is 0 Å². The Morgan fingerprint density at radius 3 is 2.64 bits per heavy atom. The van der Waals surface area contributed by atoms with Crippen LogP contribution in [0.15, 0.2) is 66.6 Å². The number of amides is 1. The lowest BCUT2D eigenvalue weighted by atomic mass is 10.3. The lowest BCUT2D eigenvalue weighted by Crippen LogP contribution is -2.14. The number of hydrogen-bond donors (Lipinski definition) is 1. The summed E-state index contributed by atoms with van der Waals surface area (Å²) < 4.78 is 7.49. The Bertz CT molecular complexity index is 1060. The van der Waals surface area contributed by atoms with Crippen molar-refractivity contribution in [3.63, 3.8) is 0 Å². The number of carbonyl (C=O) groups is 1. The molecule has 1 N–H and O–H groups in total. The summed E-state index contributed by atoms with van der Waals surface area (Å²) in [5, 5.41) is 12.6. The summed E-state index contributed by atoms with van der Waals surface area (Å²) in [6.45, 7) is 1.91. The van der Waals surface area contributed by atoms with Crippen LogP contribution in [-0.2, 0) is 0 Å². The van der Waals surface area contributed by atoms with E-state index in [0.717, 1.165) is 11.4 Å². The molecule has 0 aliphatic carbocycles. The molecular weight excluding hydrogens is 376 g/mol. The largest absolute Gasteiger partial charge is 0.484 e. The third kappa shape index (κ3) is 4.04. The fourth-order valence-electron chi connectivity index (χ4n) is 2.47. The number of pyridine rings is 1. The van der Waals surface area contributed by atoms with Crippen LogP contribution in [0.2, 0.25) is 0 Å². The maximum absolute atomic E-state index is 12.5. The monoisotopic (exact) mass is 392 g/mol. The highest BCUT2D eigenvalue weighted by molar-refractivity contribution is 7.14. The maximum atomic E-state index is 12.5. The van der Waals surface area contributed by atoms with Gasteiger partial charge in [0.15, 0.2) is 5.13 Å². The lowest BCUT2D eigenvalue weighted by Gasteiger charge is -2.12. The number of thiazole rings is 1. The lowest BCUT2D eigenvalue weighted by molar-refractivity contribution is 0.102. The topological polar surface area (TPSA) is 94.8 Å². The van der Waals surface area contributed by atoms with Crippen molar-refractivity contribution in [2.24, 2.45) is 0 Å².